The maximum Gasteiger partial charge on any atom is 0.0304 e. The SMILES string of the molecule is CCC(C)NCC=N. The smallest absolute Gasteiger partial charge is 0.0304 e. The van der Waals surface area contributed by atoms with E-state index in [2.05, 4.69) is 19.2 Å². The molecule has 0 heterocycles. The van der Waals surface area contributed by atoms with E-state index < -0.39 is 0 Å². The van der Waals surface area contributed by atoms with Crippen LogP contribution in [0.3, 0.4) is 0 Å². The molecule has 8 heavy (non-hydrogen) atoms. The van der Waals surface area contributed by atoms with E-state index >= 15 is 0 Å². The third-order valence-corrected chi connectivity index (χ3v) is 1.18. The maximum atomic E-state index is 6.68. The average Bonchev–Trinajstić information content (AvgIpc) is 1.83. The number of rotatable bonds is 4. The summed E-state index contributed by atoms with van der Waals surface area (Å²) in [4.78, 5) is 0. The van der Waals surface area contributed by atoms with E-state index in [1.54, 1.807) is 0 Å². The van der Waals surface area contributed by atoms with Crippen LogP contribution in [-0.4, -0.2) is 18.8 Å². The van der Waals surface area contributed by atoms with E-state index in [9.17, 15) is 0 Å². The van der Waals surface area contributed by atoms with E-state index in [0.29, 0.717) is 12.6 Å². The minimum absolute atomic E-state index is 0.552. The van der Waals surface area contributed by atoms with Gasteiger partial charge in [-0.3, -0.25) is 0 Å². The monoisotopic (exact) mass is 114 g/mol. The minimum Gasteiger partial charge on any atom is -0.312 e. The first kappa shape index (κ1) is 7.63. The Morgan fingerprint density at radius 1 is 1.75 bits per heavy atom. The molecular weight excluding hydrogens is 100 g/mol. The lowest BCUT2D eigenvalue weighted by atomic mass is 10.3. The summed E-state index contributed by atoms with van der Waals surface area (Å²) in [5, 5.41) is 9.82. The Morgan fingerprint density at radius 2 is 2.38 bits per heavy atom. The van der Waals surface area contributed by atoms with Crippen molar-refractivity contribution in [2.24, 2.45) is 0 Å². The highest BCUT2D eigenvalue weighted by Crippen LogP contribution is 1.84. The summed E-state index contributed by atoms with van der Waals surface area (Å²) in [6, 6.07) is 0.552. The molecule has 0 aromatic carbocycles. The molecule has 2 N–H and O–H groups in total. The third kappa shape index (κ3) is 3.81. The van der Waals surface area contributed by atoms with Crippen molar-refractivity contribution in [1.29, 1.82) is 5.41 Å². The molecular formula is C6H14N2. The topological polar surface area (TPSA) is 35.9 Å². The van der Waals surface area contributed by atoms with Crippen molar-refractivity contribution in [2.75, 3.05) is 6.54 Å². The lowest BCUT2D eigenvalue weighted by Gasteiger charge is -2.06. The van der Waals surface area contributed by atoms with Gasteiger partial charge in [0, 0.05) is 18.8 Å². The van der Waals surface area contributed by atoms with Gasteiger partial charge in [0.05, 0.1) is 0 Å². The summed E-state index contributed by atoms with van der Waals surface area (Å²) in [5.74, 6) is 0. The first-order valence-electron chi connectivity index (χ1n) is 3.03. The fourth-order valence-corrected chi connectivity index (χ4v) is 0.404. The molecule has 0 aromatic heterocycles. The summed E-state index contributed by atoms with van der Waals surface area (Å²) >= 11 is 0. The first-order chi connectivity index (χ1) is 3.81. The molecule has 0 rings (SSSR count). The van der Waals surface area contributed by atoms with Gasteiger partial charge >= 0.3 is 0 Å². The van der Waals surface area contributed by atoms with Crippen molar-refractivity contribution in [3.8, 4) is 0 Å². The van der Waals surface area contributed by atoms with Crippen LogP contribution in [0.5, 0.6) is 0 Å². The Hall–Kier alpha value is -0.370. The molecule has 1 unspecified atom stereocenters. The highest BCUT2D eigenvalue weighted by atomic mass is 14.9. The summed E-state index contributed by atoms with van der Waals surface area (Å²) in [6.45, 7) is 4.94. The van der Waals surface area contributed by atoms with Gasteiger partial charge in [-0.25, -0.2) is 0 Å². The van der Waals surface area contributed by atoms with Crippen LogP contribution in [0.4, 0.5) is 0 Å². The van der Waals surface area contributed by atoms with Crippen molar-refractivity contribution in [3.63, 3.8) is 0 Å². The molecule has 0 saturated carbocycles. The number of hydrogen-bond donors (Lipinski definition) is 2. The Balaban J connectivity index is 2.97. The summed E-state index contributed by atoms with van der Waals surface area (Å²) in [7, 11) is 0. The largest absolute Gasteiger partial charge is 0.312 e. The molecule has 1 atom stereocenters. The van der Waals surface area contributed by atoms with Crippen LogP contribution in [0.25, 0.3) is 0 Å². The molecule has 48 valence electrons. The molecule has 0 bridgehead atoms. The van der Waals surface area contributed by atoms with E-state index in [0.717, 1.165) is 6.42 Å². The van der Waals surface area contributed by atoms with Crippen LogP contribution >= 0.6 is 0 Å². The molecule has 0 fully saturated rings. The van der Waals surface area contributed by atoms with Gasteiger partial charge in [-0.2, -0.15) is 0 Å². The van der Waals surface area contributed by atoms with Crippen molar-refractivity contribution in [2.45, 2.75) is 26.3 Å². The van der Waals surface area contributed by atoms with E-state index in [1.165, 1.54) is 6.21 Å². The highest BCUT2D eigenvalue weighted by molar-refractivity contribution is 5.55. The van der Waals surface area contributed by atoms with Gasteiger partial charge in [0.2, 0.25) is 0 Å². The predicted octanol–water partition coefficient (Wildman–Crippen LogP) is 1.02. The van der Waals surface area contributed by atoms with E-state index in [1.807, 2.05) is 0 Å². The molecule has 2 nitrogen and oxygen atoms in total. The zero-order chi connectivity index (χ0) is 6.41. The van der Waals surface area contributed by atoms with Gasteiger partial charge in [-0.1, -0.05) is 6.92 Å². The van der Waals surface area contributed by atoms with E-state index in [-0.39, 0.29) is 0 Å². The first-order valence-corrected chi connectivity index (χ1v) is 3.03. The van der Waals surface area contributed by atoms with Gasteiger partial charge < -0.3 is 10.7 Å². The van der Waals surface area contributed by atoms with Crippen molar-refractivity contribution < 1.29 is 0 Å². The fourth-order valence-electron chi connectivity index (χ4n) is 0.404. The second-order valence-corrected chi connectivity index (χ2v) is 1.92. The van der Waals surface area contributed by atoms with Gasteiger partial charge in [0.1, 0.15) is 0 Å². The maximum absolute atomic E-state index is 6.68. The summed E-state index contributed by atoms with van der Waals surface area (Å²) in [5.41, 5.74) is 0. The van der Waals surface area contributed by atoms with Crippen LogP contribution in [0, 0.1) is 5.41 Å². The van der Waals surface area contributed by atoms with Crippen LogP contribution in [0.1, 0.15) is 20.3 Å². The molecule has 0 saturated heterocycles. The van der Waals surface area contributed by atoms with E-state index in [4.69, 9.17) is 5.41 Å². The quantitative estimate of drug-likeness (QED) is 0.526. The Kier molecular flexibility index (Phi) is 4.56. The fraction of sp³-hybridized carbons (Fsp3) is 0.833. The predicted molar refractivity (Wildman–Crippen MR) is 36.5 cm³/mol. The lowest BCUT2D eigenvalue weighted by Crippen LogP contribution is -2.26. The van der Waals surface area contributed by atoms with Crippen molar-refractivity contribution in [1.82, 2.24) is 5.32 Å². The molecule has 0 amide bonds. The second kappa shape index (κ2) is 4.78. The molecule has 0 aliphatic carbocycles. The van der Waals surface area contributed by atoms with Gasteiger partial charge in [0.15, 0.2) is 0 Å². The minimum atomic E-state index is 0.552. The summed E-state index contributed by atoms with van der Waals surface area (Å²) in [6.07, 6.45) is 2.51. The Labute approximate surface area is 50.8 Å². The zero-order valence-electron chi connectivity index (χ0n) is 5.57. The molecule has 0 aliphatic heterocycles. The normalized spacial score (nSPS) is 13.2. The lowest BCUT2D eigenvalue weighted by molar-refractivity contribution is 0.576. The van der Waals surface area contributed by atoms with Crippen molar-refractivity contribution in [3.05, 3.63) is 0 Å². The van der Waals surface area contributed by atoms with Crippen LogP contribution in [0.15, 0.2) is 0 Å². The van der Waals surface area contributed by atoms with Crippen LogP contribution in [-0.2, 0) is 0 Å². The van der Waals surface area contributed by atoms with Gasteiger partial charge in [0.25, 0.3) is 0 Å². The molecule has 0 aliphatic rings. The molecule has 0 radical (unpaired) electrons. The second-order valence-electron chi connectivity index (χ2n) is 1.92. The summed E-state index contributed by atoms with van der Waals surface area (Å²) < 4.78 is 0. The third-order valence-electron chi connectivity index (χ3n) is 1.18. The molecule has 2 heteroatoms. The Bertz CT molecular complexity index is 61.5. The zero-order valence-corrected chi connectivity index (χ0v) is 5.57. The standard InChI is InChI=1S/C6H14N2/c1-3-6(2)8-5-4-7/h4,6-8H,3,5H2,1-2H3. The number of hydrogen-bond acceptors (Lipinski definition) is 2. The van der Waals surface area contributed by atoms with Gasteiger partial charge in [-0.15, -0.1) is 0 Å². The van der Waals surface area contributed by atoms with Crippen molar-refractivity contribution >= 4 is 6.21 Å². The average molecular weight is 114 g/mol. The Morgan fingerprint density at radius 3 is 2.75 bits per heavy atom. The van der Waals surface area contributed by atoms with Crippen LogP contribution < -0.4 is 5.32 Å². The molecule has 0 spiro atoms. The highest BCUT2D eigenvalue weighted by Gasteiger charge is 1.91. The number of nitrogens with one attached hydrogen (secondary N) is 2. The van der Waals surface area contributed by atoms with Crippen LogP contribution in [0.2, 0.25) is 0 Å². The van der Waals surface area contributed by atoms with Gasteiger partial charge in [-0.05, 0) is 13.3 Å². The molecule has 0 aromatic rings.